The number of rotatable bonds is 3. The summed E-state index contributed by atoms with van der Waals surface area (Å²) < 4.78 is 1.87. The van der Waals surface area contributed by atoms with Gasteiger partial charge in [0, 0.05) is 19.0 Å². The Hall–Kier alpha value is -2.66. The minimum Gasteiger partial charge on any atom is -0.349 e. The molecule has 4 rings (SSSR count). The molecule has 0 unspecified atom stereocenters. The zero-order valence-electron chi connectivity index (χ0n) is 15.5. The third-order valence-corrected chi connectivity index (χ3v) is 5.30. The van der Waals surface area contributed by atoms with Gasteiger partial charge in [-0.25, -0.2) is 0 Å². The fourth-order valence-electron chi connectivity index (χ4n) is 3.82. The first-order valence-electron chi connectivity index (χ1n) is 9.00. The summed E-state index contributed by atoms with van der Waals surface area (Å²) in [4.78, 5) is 14.9. The Morgan fingerprint density at radius 3 is 2.77 bits per heavy atom. The molecule has 26 heavy (non-hydrogen) atoms. The predicted octanol–water partition coefficient (Wildman–Crippen LogP) is 2.55. The number of benzene rings is 2. The van der Waals surface area contributed by atoms with E-state index in [4.69, 9.17) is 0 Å². The highest BCUT2D eigenvalue weighted by Crippen LogP contribution is 2.23. The van der Waals surface area contributed by atoms with Crippen molar-refractivity contribution in [3.63, 3.8) is 0 Å². The SMILES string of the molecule is Cc1ccc2c(c1)c(CNC(=O)[C@H]1Cc3ccccc3CN1C)nn2C. The molecule has 0 radical (unpaired) electrons. The maximum atomic E-state index is 12.8. The first kappa shape index (κ1) is 16.8. The van der Waals surface area contributed by atoms with Gasteiger partial charge in [0.2, 0.25) is 5.91 Å². The minimum atomic E-state index is -0.137. The summed E-state index contributed by atoms with van der Waals surface area (Å²) in [6.07, 6.45) is 0.751. The second kappa shape index (κ2) is 6.57. The lowest BCUT2D eigenvalue weighted by molar-refractivity contribution is -0.126. The van der Waals surface area contributed by atoms with E-state index in [9.17, 15) is 4.79 Å². The lowest BCUT2D eigenvalue weighted by atomic mass is 9.94. The molecule has 1 aliphatic rings. The summed E-state index contributed by atoms with van der Waals surface area (Å²) in [7, 11) is 3.95. The molecule has 134 valence electrons. The van der Waals surface area contributed by atoms with Crippen LogP contribution in [-0.4, -0.2) is 33.7 Å². The van der Waals surface area contributed by atoms with Crippen molar-refractivity contribution >= 4 is 16.8 Å². The van der Waals surface area contributed by atoms with Crippen LogP contribution in [-0.2, 0) is 31.4 Å². The average molecular weight is 348 g/mol. The lowest BCUT2D eigenvalue weighted by Gasteiger charge is -2.32. The van der Waals surface area contributed by atoms with E-state index in [0.29, 0.717) is 6.54 Å². The van der Waals surface area contributed by atoms with Gasteiger partial charge in [-0.05, 0) is 43.7 Å². The van der Waals surface area contributed by atoms with Crippen LogP contribution in [0.15, 0.2) is 42.5 Å². The summed E-state index contributed by atoms with van der Waals surface area (Å²) in [6, 6.07) is 14.5. The van der Waals surface area contributed by atoms with Crippen LogP contribution in [0.1, 0.15) is 22.4 Å². The van der Waals surface area contributed by atoms with Crippen LogP contribution in [0.4, 0.5) is 0 Å². The van der Waals surface area contributed by atoms with Gasteiger partial charge in [-0.1, -0.05) is 35.9 Å². The molecule has 5 heteroatoms. The molecule has 0 saturated carbocycles. The Morgan fingerprint density at radius 2 is 1.96 bits per heavy atom. The van der Waals surface area contributed by atoms with Crippen LogP contribution in [0.5, 0.6) is 0 Å². The van der Waals surface area contributed by atoms with Gasteiger partial charge < -0.3 is 5.32 Å². The number of likely N-dealkylation sites (N-methyl/N-ethyl adjacent to an activating group) is 1. The predicted molar refractivity (Wildman–Crippen MR) is 103 cm³/mol. The number of amides is 1. The highest BCUT2D eigenvalue weighted by molar-refractivity contribution is 5.85. The molecule has 0 bridgehead atoms. The summed E-state index contributed by atoms with van der Waals surface area (Å²) >= 11 is 0. The van der Waals surface area contributed by atoms with Crippen LogP contribution in [0.3, 0.4) is 0 Å². The molecule has 2 heterocycles. The van der Waals surface area contributed by atoms with E-state index in [1.165, 1.54) is 16.7 Å². The standard InChI is InChI=1S/C21H24N4O/c1-14-8-9-19-17(10-14)18(23-25(19)3)12-22-21(26)20-11-15-6-4-5-7-16(15)13-24(20)2/h4-10,20H,11-13H2,1-3H3,(H,22,26)/t20-/m1/s1. The monoisotopic (exact) mass is 348 g/mol. The molecule has 2 aromatic carbocycles. The van der Waals surface area contributed by atoms with Crippen molar-refractivity contribution in [2.24, 2.45) is 7.05 Å². The molecular weight excluding hydrogens is 324 g/mol. The van der Waals surface area contributed by atoms with Gasteiger partial charge in [-0.15, -0.1) is 0 Å². The molecule has 1 atom stereocenters. The second-order valence-corrected chi connectivity index (χ2v) is 7.21. The van der Waals surface area contributed by atoms with Crippen LogP contribution < -0.4 is 5.32 Å². The smallest absolute Gasteiger partial charge is 0.238 e. The van der Waals surface area contributed by atoms with Crippen molar-refractivity contribution < 1.29 is 4.79 Å². The number of hydrogen-bond acceptors (Lipinski definition) is 3. The van der Waals surface area contributed by atoms with E-state index in [-0.39, 0.29) is 11.9 Å². The quantitative estimate of drug-likeness (QED) is 0.791. The molecule has 5 nitrogen and oxygen atoms in total. The first-order valence-corrected chi connectivity index (χ1v) is 9.00. The van der Waals surface area contributed by atoms with Gasteiger partial charge in [-0.2, -0.15) is 5.10 Å². The number of hydrogen-bond donors (Lipinski definition) is 1. The molecule has 3 aromatic rings. The van der Waals surface area contributed by atoms with Crippen molar-refractivity contribution in [2.45, 2.75) is 32.5 Å². The van der Waals surface area contributed by atoms with E-state index in [1.54, 1.807) is 0 Å². The Bertz CT molecular complexity index is 975. The number of carbonyl (C=O) groups is 1. The van der Waals surface area contributed by atoms with E-state index < -0.39 is 0 Å². The Labute approximate surface area is 153 Å². The minimum absolute atomic E-state index is 0.0634. The number of aryl methyl sites for hydroxylation is 2. The molecule has 0 aliphatic carbocycles. The van der Waals surface area contributed by atoms with Crippen LogP contribution in [0.25, 0.3) is 10.9 Å². The number of nitrogens with one attached hydrogen (secondary N) is 1. The van der Waals surface area contributed by atoms with Crippen molar-refractivity contribution in [3.8, 4) is 0 Å². The van der Waals surface area contributed by atoms with Crippen molar-refractivity contribution in [2.75, 3.05) is 7.05 Å². The number of aromatic nitrogens is 2. The number of fused-ring (bicyclic) bond motifs is 2. The normalized spacial score (nSPS) is 17.3. The Morgan fingerprint density at radius 1 is 1.19 bits per heavy atom. The topological polar surface area (TPSA) is 50.2 Å². The van der Waals surface area contributed by atoms with Gasteiger partial charge >= 0.3 is 0 Å². The molecule has 1 aliphatic heterocycles. The van der Waals surface area contributed by atoms with Gasteiger partial charge in [0.1, 0.15) is 0 Å². The lowest BCUT2D eigenvalue weighted by Crippen LogP contribution is -2.48. The number of nitrogens with zero attached hydrogens (tertiary/aromatic N) is 3. The van der Waals surface area contributed by atoms with E-state index in [0.717, 1.165) is 29.6 Å². The maximum absolute atomic E-state index is 12.8. The third-order valence-electron chi connectivity index (χ3n) is 5.30. The maximum Gasteiger partial charge on any atom is 0.238 e. The third kappa shape index (κ3) is 2.99. The highest BCUT2D eigenvalue weighted by atomic mass is 16.2. The molecular formula is C21H24N4O. The molecule has 1 N–H and O–H groups in total. The zero-order chi connectivity index (χ0) is 18.3. The summed E-state index contributed by atoms with van der Waals surface area (Å²) in [6.45, 7) is 3.33. The van der Waals surface area contributed by atoms with Crippen LogP contribution in [0.2, 0.25) is 0 Å². The van der Waals surface area contributed by atoms with Gasteiger partial charge in [0.15, 0.2) is 0 Å². The summed E-state index contributed by atoms with van der Waals surface area (Å²) in [5, 5.41) is 8.80. The average Bonchev–Trinajstić information content (AvgIpc) is 2.94. The van der Waals surface area contributed by atoms with E-state index >= 15 is 0 Å². The van der Waals surface area contributed by atoms with Crippen molar-refractivity contribution in [3.05, 3.63) is 64.8 Å². The van der Waals surface area contributed by atoms with Gasteiger partial charge in [0.05, 0.1) is 23.8 Å². The zero-order valence-corrected chi connectivity index (χ0v) is 15.5. The summed E-state index contributed by atoms with van der Waals surface area (Å²) in [5.74, 6) is 0.0634. The van der Waals surface area contributed by atoms with Crippen molar-refractivity contribution in [1.29, 1.82) is 0 Å². The highest BCUT2D eigenvalue weighted by Gasteiger charge is 2.28. The molecule has 1 amide bonds. The Kier molecular flexibility index (Phi) is 4.24. The van der Waals surface area contributed by atoms with Crippen molar-refractivity contribution in [1.82, 2.24) is 20.0 Å². The first-order chi connectivity index (χ1) is 12.5. The molecule has 0 saturated heterocycles. The summed E-state index contributed by atoms with van der Waals surface area (Å²) in [5.41, 5.74) is 5.78. The Balaban J connectivity index is 1.50. The van der Waals surface area contributed by atoms with Crippen LogP contribution in [0, 0.1) is 6.92 Å². The fraction of sp³-hybridized carbons (Fsp3) is 0.333. The van der Waals surface area contributed by atoms with Gasteiger partial charge in [0.25, 0.3) is 0 Å². The second-order valence-electron chi connectivity index (χ2n) is 7.21. The van der Waals surface area contributed by atoms with Crippen LogP contribution >= 0.6 is 0 Å². The van der Waals surface area contributed by atoms with E-state index in [2.05, 4.69) is 58.6 Å². The van der Waals surface area contributed by atoms with E-state index in [1.807, 2.05) is 24.8 Å². The molecule has 0 spiro atoms. The van der Waals surface area contributed by atoms with Gasteiger partial charge in [-0.3, -0.25) is 14.4 Å². The largest absolute Gasteiger partial charge is 0.349 e. The number of carbonyl (C=O) groups excluding carboxylic acids is 1. The molecule has 1 aromatic heterocycles. The fourth-order valence-corrected chi connectivity index (χ4v) is 3.82. The molecule has 0 fully saturated rings.